The van der Waals surface area contributed by atoms with E-state index in [1.54, 1.807) is 14.1 Å². The molecule has 3 aromatic carbocycles. The number of amidine groups is 2. The summed E-state index contributed by atoms with van der Waals surface area (Å²) in [5, 5.41) is 49.0. The number of nitrogens with one attached hydrogen (secondary N) is 5. The van der Waals surface area contributed by atoms with E-state index in [1.165, 1.54) is 98.1 Å². The Labute approximate surface area is 753 Å². The molecule has 3 unspecified atom stereocenters. The van der Waals surface area contributed by atoms with Crippen molar-refractivity contribution in [3.63, 3.8) is 0 Å². The molecular weight excluding hydrogens is 1780 g/mol. The summed E-state index contributed by atoms with van der Waals surface area (Å²) in [5.41, 5.74) is 11.0. The van der Waals surface area contributed by atoms with E-state index in [9.17, 15) is 84.2 Å². The summed E-state index contributed by atoms with van der Waals surface area (Å²) in [6, 6.07) is 24.2. The van der Waals surface area contributed by atoms with Crippen molar-refractivity contribution in [3.8, 4) is 0 Å². The van der Waals surface area contributed by atoms with E-state index >= 15 is 0 Å². The minimum atomic E-state index is -5.31. The number of nitrogens with zero attached hydrogens (tertiary/aromatic N) is 15. The molecule has 3 fully saturated rings. The molecule has 6 aliphatic heterocycles. The van der Waals surface area contributed by atoms with Gasteiger partial charge in [0.15, 0.2) is 39.1 Å². The van der Waals surface area contributed by atoms with Crippen LogP contribution >= 0.6 is 41.3 Å². The molecule has 3 saturated heterocycles. The molecule has 682 valence electrons. The van der Waals surface area contributed by atoms with Crippen molar-refractivity contribution in [2.24, 2.45) is 16.5 Å². The fraction of sp³-hybridized carbons (Fsp3) is 0.392. The van der Waals surface area contributed by atoms with Crippen LogP contribution in [0.5, 0.6) is 0 Å². The molecule has 6 aliphatic rings. The summed E-state index contributed by atoms with van der Waals surface area (Å²) in [6.45, 7) is 13.7. The number of carbonyl (C=O) groups is 11. The highest BCUT2D eigenvalue weighted by atomic mass is 32.3. The molecule has 3 aromatic heterocycles. The zero-order valence-corrected chi connectivity index (χ0v) is 76.3. The lowest BCUT2D eigenvalue weighted by Gasteiger charge is -2.30. The van der Waals surface area contributed by atoms with E-state index in [2.05, 4.69) is 155 Å². The number of aromatic nitrogens is 3. The van der Waals surface area contributed by atoms with Gasteiger partial charge in [-0.05, 0) is 36.4 Å². The normalized spacial score (nSPS) is 17.0. The molecular formula is C74H97B4N22O22PS5. The molecule has 6 atom stereocenters. The first-order valence-corrected chi connectivity index (χ1v) is 46.4. The van der Waals surface area contributed by atoms with Crippen molar-refractivity contribution in [1.29, 1.82) is 10.8 Å². The van der Waals surface area contributed by atoms with Gasteiger partial charge in [0, 0.05) is 87.7 Å². The van der Waals surface area contributed by atoms with E-state index in [4.69, 9.17) is 31.7 Å². The lowest BCUT2D eigenvalue weighted by molar-refractivity contribution is -0.134. The van der Waals surface area contributed by atoms with Crippen LogP contribution in [0.1, 0.15) is 111 Å². The number of aliphatic imine (C=N–C) groups is 1. The van der Waals surface area contributed by atoms with Crippen molar-refractivity contribution in [2.75, 3.05) is 114 Å². The number of hydroxylamine groups is 6. The Balaban J connectivity index is 0.000000212. The van der Waals surface area contributed by atoms with Gasteiger partial charge in [-0.15, -0.1) is 44.9 Å². The van der Waals surface area contributed by atoms with E-state index < -0.39 is 126 Å². The summed E-state index contributed by atoms with van der Waals surface area (Å²) >= 11 is 2.77. The maximum atomic E-state index is 13.0. The number of nitrogens with two attached hydrogens (primary N) is 2. The number of thiazole rings is 3. The van der Waals surface area contributed by atoms with Gasteiger partial charge in [-0.2, -0.15) is 27.9 Å². The van der Waals surface area contributed by atoms with Crippen LogP contribution in [0.15, 0.2) is 121 Å². The van der Waals surface area contributed by atoms with Gasteiger partial charge >= 0.3 is 43.3 Å². The number of likely N-dealkylation sites (N-methyl/N-ethyl adjacent to an activating group) is 3. The van der Waals surface area contributed by atoms with Gasteiger partial charge in [0.1, 0.15) is 53.7 Å². The first-order chi connectivity index (χ1) is 60.6. The number of fused-ring (bicyclic) bond motifs is 12. The van der Waals surface area contributed by atoms with Crippen LogP contribution in [0.25, 0.3) is 0 Å². The zero-order valence-electron chi connectivity index (χ0n) is 71.3. The number of hydrogen-bond acceptors (Lipinski definition) is 30. The molecule has 6 aromatic rings. The van der Waals surface area contributed by atoms with Crippen LogP contribution in [0.2, 0.25) is 26.3 Å². The van der Waals surface area contributed by atoms with Crippen LogP contribution < -0.4 is 43.3 Å². The fourth-order valence-corrected chi connectivity index (χ4v) is 21.9. The number of benzene rings is 3. The lowest BCUT2D eigenvalue weighted by Crippen LogP contribution is -2.43. The third kappa shape index (κ3) is 24.5. The quantitative estimate of drug-likeness (QED) is 0.00298. The Kier molecular flexibility index (Phi) is 36.2. The van der Waals surface area contributed by atoms with Gasteiger partial charge < -0.3 is 90.6 Å². The van der Waals surface area contributed by atoms with Gasteiger partial charge in [-0.25, -0.2) is 37.8 Å². The summed E-state index contributed by atoms with van der Waals surface area (Å²) < 4.78 is 73.8. The standard InChI is InChI=1S/C21H20P.C20H28B2N7O6S.C17H24B2N7O9S2.C14H20N8O7S2.C2H6/c1-2-18-22(19-12-6-3-7-13-19,20-14-8-4-9-15-20)21-16-10-5-11-17-21;1-5-8-35-29-12-10-27(20(29)33)15(19(32)26(3)4)14-16(12)36-18(25-14)17(31)24-6-7-28(21-11-30)13(23)9-22(2)34;1-19(31)6-10(20)25(18-8-27)5-4-21-14(28)15-22-11-12(16(29)23(2)3)24-7-9(13(11)36-15)26(17(24)30)35-37(32,33)34;1-20(2)12(24)8-7-9(6-5-21(8)14(25)22(6)29-31(26,27)28)30-11(19-7)10(23)17-3-4-18-13(15)16;1-2/h2-17H,1,18H2;5,11-12,15,23,34H,1,6-10H2,2-4H3,(H,24,31);8-9,12,20,31H,4-7H2,1-3H3,(H,21,28)(H,32,33,34);6,8H,3-5H2,1-2H3,(H,17,23)(H4,15,16,18)(H,26,27,28);1-2H3/q+1;;;;/p-1/t;12?,15-;9?,12-;6?,8-;/m.000./s1. The third-order valence-corrected chi connectivity index (χ3v) is 27.9. The third-order valence-electron chi connectivity index (χ3n) is 19.3. The predicted molar refractivity (Wildman–Crippen MR) is 481 cm³/mol. The molecule has 128 heavy (non-hydrogen) atoms. The van der Waals surface area contributed by atoms with Crippen LogP contribution in [-0.4, -0.2) is 331 Å². The monoisotopic (exact) mass is 1880 g/mol. The molecule has 44 nitrogen and oxygen atoms in total. The molecule has 12 N–H and O–H groups in total. The van der Waals surface area contributed by atoms with Crippen molar-refractivity contribution in [2.45, 2.75) is 76.4 Å². The Bertz CT molecular complexity index is 5240. The minimum Gasteiger partial charge on any atom is -0.724 e. The van der Waals surface area contributed by atoms with E-state index in [-0.39, 0.29) is 133 Å². The number of hydrogen-bond donors (Lipinski definition) is 10. The molecule has 9 heterocycles. The maximum absolute atomic E-state index is 13.0. The van der Waals surface area contributed by atoms with Crippen LogP contribution in [0.4, 0.5) is 14.4 Å². The second-order valence-electron chi connectivity index (χ2n) is 28.9. The van der Waals surface area contributed by atoms with E-state index in [0.717, 1.165) is 64.8 Å². The first kappa shape index (κ1) is 102. The Morgan fingerprint density at radius 3 is 1.21 bits per heavy atom. The number of carbonyl (C=O) groups excluding carboxylic acids is 11. The Hall–Kier alpha value is -11.5. The molecule has 0 saturated carbocycles. The molecule has 12 rings (SSSR count). The number of guanidine groups is 1. The Morgan fingerprint density at radius 2 is 0.914 bits per heavy atom. The van der Waals surface area contributed by atoms with Crippen molar-refractivity contribution >= 4 is 190 Å². The van der Waals surface area contributed by atoms with Gasteiger partial charge in [-0.3, -0.25) is 54.0 Å². The number of amides is 12. The van der Waals surface area contributed by atoms with E-state index in [0.29, 0.717) is 37.9 Å². The number of urea groups is 3. The summed E-state index contributed by atoms with van der Waals surface area (Å²) in [5.74, 6) is -3.26. The molecule has 2 radical (unpaired) electrons. The second kappa shape index (κ2) is 45.5. The highest BCUT2D eigenvalue weighted by molar-refractivity contribution is 7.95. The summed E-state index contributed by atoms with van der Waals surface area (Å²) in [7, 11) is -0.729. The van der Waals surface area contributed by atoms with Crippen molar-refractivity contribution in [3.05, 3.63) is 163 Å². The van der Waals surface area contributed by atoms with Crippen LogP contribution in [-0.2, 0) is 58.2 Å². The molecule has 0 spiro atoms. The van der Waals surface area contributed by atoms with Crippen LogP contribution in [0.3, 0.4) is 0 Å². The first-order valence-electron chi connectivity index (χ1n) is 39.3. The number of allylic oxidation sites excluding steroid dienone is 1. The number of rotatable bonds is 35. The largest absolute Gasteiger partial charge is 0.724 e. The second-order valence-corrected chi connectivity index (χ2v) is 37.5. The minimum absolute atomic E-state index is 0.00691. The average molecular weight is 1880 g/mol. The fourth-order valence-electron chi connectivity index (χ4n) is 13.9. The van der Waals surface area contributed by atoms with E-state index in [1.807, 2.05) is 13.8 Å². The van der Waals surface area contributed by atoms with Crippen LogP contribution in [0, 0.1) is 10.8 Å². The topological polar surface area (TPSA) is 590 Å². The molecule has 6 bridgehead atoms. The Morgan fingerprint density at radius 1 is 0.586 bits per heavy atom. The van der Waals surface area contributed by atoms with Gasteiger partial charge in [0.2, 0.25) is 10.4 Å². The SMILES string of the molecule is C=CCON1C(=O)N2CC1c1sc(C(=O)NCCN([B]C=O)C(=N)CB(C)O)nc1[C@H]2C(=O)N(C)C.C=CC[P+](c1ccccc1)(c1ccccc1)c1ccccc1.CB(O)CC(=N)N([B]C=O)CCNC(=O)c1nc2c(s1)C1CN(C(=O)N1OS(=O)(=O)[O-])[C@@H]2C(=O)N(C)C.CC.CN(C)C(=O)[C@@H]1c2nc(C(=O)NCCN=C(N)N)sc2C2CN1C(=O)N2OS(=O)(=O)O. The zero-order chi connectivity index (χ0) is 94.6. The summed E-state index contributed by atoms with van der Waals surface area (Å²) in [4.78, 5) is 170. The predicted octanol–water partition coefficient (Wildman–Crippen LogP) is 0.498. The average Bonchev–Trinajstić information content (AvgIpc) is 1.58. The van der Waals surface area contributed by atoms with Crippen molar-refractivity contribution < 1.29 is 102 Å². The van der Waals surface area contributed by atoms with Gasteiger partial charge in [0.25, 0.3) is 49.3 Å². The molecule has 0 aliphatic carbocycles. The maximum Gasteiger partial charge on any atom is 0.418 e. The lowest BCUT2D eigenvalue weighted by atomic mass is 9.67. The molecule has 12 amide bonds. The highest BCUT2D eigenvalue weighted by Gasteiger charge is 2.58. The smallest absolute Gasteiger partial charge is 0.418 e. The van der Waals surface area contributed by atoms with Gasteiger partial charge in [0.05, 0.1) is 82.3 Å². The van der Waals surface area contributed by atoms with Gasteiger partial charge in [-0.1, -0.05) is 101 Å². The van der Waals surface area contributed by atoms with Crippen molar-refractivity contribution in [1.82, 2.24) is 85.1 Å². The highest BCUT2D eigenvalue weighted by Crippen LogP contribution is 2.56. The molecule has 54 heteroatoms. The summed E-state index contributed by atoms with van der Waals surface area (Å²) in [6.07, 6.45) is 5.60.